The molecule has 1 atom stereocenters. The topological polar surface area (TPSA) is 80.3 Å². The van der Waals surface area contributed by atoms with E-state index in [0.717, 1.165) is 17.0 Å². The summed E-state index contributed by atoms with van der Waals surface area (Å²) in [6.45, 7) is 2.43. The fourth-order valence-corrected chi connectivity index (χ4v) is 1.83. The van der Waals surface area contributed by atoms with E-state index in [1.807, 2.05) is 43.3 Å². The van der Waals surface area contributed by atoms with Crippen LogP contribution in [0.5, 0.6) is 0 Å². The zero-order valence-electron chi connectivity index (χ0n) is 11.4. The molecule has 0 aliphatic carbocycles. The average molecular weight is 273 g/mol. The van der Waals surface area contributed by atoms with Gasteiger partial charge in [0.25, 0.3) is 0 Å². The Morgan fingerprint density at radius 2 is 2.20 bits per heavy atom. The second-order valence-corrected chi connectivity index (χ2v) is 4.62. The lowest BCUT2D eigenvalue weighted by Gasteiger charge is -2.10. The van der Waals surface area contributed by atoms with Crippen molar-refractivity contribution in [1.82, 2.24) is 5.32 Å². The lowest BCUT2D eigenvalue weighted by Crippen LogP contribution is -2.30. The molecule has 0 aliphatic rings. The predicted octanol–water partition coefficient (Wildman–Crippen LogP) is 2.66. The van der Waals surface area contributed by atoms with Gasteiger partial charge in [-0.3, -0.25) is 0 Å². The highest BCUT2D eigenvalue weighted by Crippen LogP contribution is 2.15. The zero-order chi connectivity index (χ0) is 14.4. The van der Waals surface area contributed by atoms with E-state index in [2.05, 4.69) is 10.6 Å². The number of urea groups is 1. The van der Waals surface area contributed by atoms with Gasteiger partial charge in [-0.15, -0.1) is 0 Å². The molecule has 2 rings (SSSR count). The highest BCUT2D eigenvalue weighted by Gasteiger charge is 2.04. The first-order valence-corrected chi connectivity index (χ1v) is 6.58. The number of hydrogen-bond donors (Lipinski definition) is 3. The molecule has 0 aliphatic heterocycles. The summed E-state index contributed by atoms with van der Waals surface area (Å²) in [5.74, 6) is 0.851. The van der Waals surface area contributed by atoms with E-state index in [0.29, 0.717) is 13.0 Å². The van der Waals surface area contributed by atoms with Crippen LogP contribution in [0.15, 0.2) is 47.1 Å². The zero-order valence-corrected chi connectivity index (χ0v) is 11.4. The van der Waals surface area contributed by atoms with Crippen LogP contribution in [0, 0.1) is 0 Å². The Bertz CT molecular complexity index is 550. The van der Waals surface area contributed by atoms with Crippen molar-refractivity contribution in [3.05, 3.63) is 54.0 Å². The highest BCUT2D eigenvalue weighted by atomic mass is 16.3. The third-order valence-electron chi connectivity index (χ3n) is 2.91. The van der Waals surface area contributed by atoms with E-state index in [1.165, 1.54) is 0 Å². The summed E-state index contributed by atoms with van der Waals surface area (Å²) in [5.41, 5.74) is 7.53. The average Bonchev–Trinajstić information content (AvgIpc) is 2.92. The number of carbonyl (C=O) groups is 1. The summed E-state index contributed by atoms with van der Waals surface area (Å²) in [4.78, 5) is 11.7. The summed E-state index contributed by atoms with van der Waals surface area (Å²) in [6, 6.07) is 10.9. The fraction of sp³-hybridized carbons (Fsp3) is 0.267. The molecule has 1 unspecified atom stereocenters. The van der Waals surface area contributed by atoms with Gasteiger partial charge in [0.2, 0.25) is 0 Å². The van der Waals surface area contributed by atoms with Crippen LogP contribution in [0.3, 0.4) is 0 Å². The van der Waals surface area contributed by atoms with Gasteiger partial charge in [0.05, 0.1) is 6.26 Å². The first-order valence-electron chi connectivity index (χ1n) is 6.58. The molecule has 2 aromatic rings. The van der Waals surface area contributed by atoms with Gasteiger partial charge in [-0.2, -0.15) is 0 Å². The lowest BCUT2D eigenvalue weighted by molar-refractivity contribution is 0.252. The maximum atomic E-state index is 11.7. The Morgan fingerprint density at radius 1 is 1.35 bits per heavy atom. The molecule has 0 bridgehead atoms. The molecule has 0 fully saturated rings. The smallest absolute Gasteiger partial charge is 0.319 e. The second-order valence-electron chi connectivity index (χ2n) is 4.62. The molecule has 5 nitrogen and oxygen atoms in total. The minimum absolute atomic E-state index is 0.0567. The van der Waals surface area contributed by atoms with E-state index in [4.69, 9.17) is 10.2 Å². The van der Waals surface area contributed by atoms with Gasteiger partial charge in [0.15, 0.2) is 0 Å². The number of furan rings is 1. The van der Waals surface area contributed by atoms with Gasteiger partial charge >= 0.3 is 6.03 Å². The number of benzene rings is 1. The van der Waals surface area contributed by atoms with E-state index in [9.17, 15) is 4.79 Å². The van der Waals surface area contributed by atoms with Crippen LogP contribution in [0.4, 0.5) is 10.5 Å². The quantitative estimate of drug-likeness (QED) is 0.783. The summed E-state index contributed by atoms with van der Waals surface area (Å²) in [6.07, 6.45) is 2.29. The van der Waals surface area contributed by atoms with Crippen molar-refractivity contribution in [3.63, 3.8) is 0 Å². The second kappa shape index (κ2) is 6.77. The molecule has 0 radical (unpaired) electrons. The molecule has 0 saturated heterocycles. The molecule has 2 amide bonds. The van der Waals surface area contributed by atoms with Crippen molar-refractivity contribution in [2.24, 2.45) is 5.73 Å². The van der Waals surface area contributed by atoms with Crippen molar-refractivity contribution in [2.75, 3.05) is 11.9 Å². The van der Waals surface area contributed by atoms with Gasteiger partial charge in [0.1, 0.15) is 5.76 Å². The Labute approximate surface area is 118 Å². The number of nitrogens with one attached hydrogen (secondary N) is 2. The molecule has 0 saturated carbocycles. The molecule has 4 N–H and O–H groups in total. The van der Waals surface area contributed by atoms with Gasteiger partial charge < -0.3 is 20.8 Å². The van der Waals surface area contributed by atoms with E-state index in [1.54, 1.807) is 6.26 Å². The van der Waals surface area contributed by atoms with E-state index in [-0.39, 0.29) is 12.1 Å². The van der Waals surface area contributed by atoms with Gasteiger partial charge in [-0.1, -0.05) is 12.1 Å². The largest absolute Gasteiger partial charge is 0.469 e. The minimum Gasteiger partial charge on any atom is -0.469 e. The van der Waals surface area contributed by atoms with Crippen LogP contribution in [0.25, 0.3) is 0 Å². The Kier molecular flexibility index (Phi) is 4.79. The number of nitrogens with two attached hydrogens (primary N) is 1. The van der Waals surface area contributed by atoms with Gasteiger partial charge in [0, 0.05) is 24.7 Å². The van der Waals surface area contributed by atoms with Crippen molar-refractivity contribution < 1.29 is 9.21 Å². The third kappa shape index (κ3) is 4.13. The number of hydrogen-bond acceptors (Lipinski definition) is 3. The van der Waals surface area contributed by atoms with Crippen molar-refractivity contribution in [1.29, 1.82) is 0 Å². The number of amides is 2. The van der Waals surface area contributed by atoms with Crippen LogP contribution in [0.1, 0.15) is 24.3 Å². The predicted molar refractivity (Wildman–Crippen MR) is 78.5 cm³/mol. The van der Waals surface area contributed by atoms with E-state index < -0.39 is 0 Å². The molecule has 1 aromatic heterocycles. The molecular formula is C15H19N3O2. The van der Waals surface area contributed by atoms with Crippen molar-refractivity contribution in [3.8, 4) is 0 Å². The maximum absolute atomic E-state index is 11.7. The number of rotatable bonds is 5. The van der Waals surface area contributed by atoms with Gasteiger partial charge in [-0.05, 0) is 36.8 Å². The van der Waals surface area contributed by atoms with Gasteiger partial charge in [-0.25, -0.2) is 4.79 Å². The molecule has 5 heteroatoms. The van der Waals surface area contributed by atoms with Crippen LogP contribution < -0.4 is 16.4 Å². The number of anilines is 1. The Hall–Kier alpha value is -2.27. The van der Waals surface area contributed by atoms with Crippen LogP contribution in [0.2, 0.25) is 0 Å². The normalized spacial score (nSPS) is 11.9. The monoisotopic (exact) mass is 273 g/mol. The maximum Gasteiger partial charge on any atom is 0.319 e. The summed E-state index contributed by atoms with van der Waals surface area (Å²) in [7, 11) is 0. The molecule has 106 valence electrons. The van der Waals surface area contributed by atoms with Crippen LogP contribution in [-0.4, -0.2) is 12.6 Å². The highest BCUT2D eigenvalue weighted by molar-refractivity contribution is 5.89. The molecule has 0 spiro atoms. The summed E-state index contributed by atoms with van der Waals surface area (Å²) >= 11 is 0. The van der Waals surface area contributed by atoms with Crippen LogP contribution in [-0.2, 0) is 6.42 Å². The number of carbonyl (C=O) groups excluding carboxylic acids is 1. The fourth-order valence-electron chi connectivity index (χ4n) is 1.83. The first kappa shape index (κ1) is 14.1. The minimum atomic E-state index is -0.238. The standard InChI is InChI=1S/C15H19N3O2/c1-11(16)12-4-2-5-13(10-12)18-15(19)17-8-7-14-6-3-9-20-14/h2-6,9-11H,7-8,16H2,1H3,(H2,17,18,19). The van der Waals surface area contributed by atoms with Crippen LogP contribution >= 0.6 is 0 Å². The van der Waals surface area contributed by atoms with E-state index >= 15 is 0 Å². The molecule has 1 heterocycles. The summed E-state index contributed by atoms with van der Waals surface area (Å²) in [5, 5.41) is 5.56. The van der Waals surface area contributed by atoms with Crippen molar-refractivity contribution >= 4 is 11.7 Å². The molecule has 1 aromatic carbocycles. The SMILES string of the molecule is CC(N)c1cccc(NC(=O)NCCc2ccco2)c1. The Balaban J connectivity index is 1.80. The first-order chi connectivity index (χ1) is 9.65. The summed E-state index contributed by atoms with van der Waals surface area (Å²) < 4.78 is 5.19. The molecule has 20 heavy (non-hydrogen) atoms. The third-order valence-corrected chi connectivity index (χ3v) is 2.91. The van der Waals surface area contributed by atoms with Crippen molar-refractivity contribution in [2.45, 2.75) is 19.4 Å². The lowest BCUT2D eigenvalue weighted by atomic mass is 10.1. The molecular weight excluding hydrogens is 254 g/mol. The Morgan fingerprint density at radius 3 is 2.90 bits per heavy atom.